The van der Waals surface area contributed by atoms with Crippen molar-refractivity contribution in [1.82, 2.24) is 14.9 Å². The summed E-state index contributed by atoms with van der Waals surface area (Å²) in [4.78, 5) is 7.58. The lowest BCUT2D eigenvalue weighted by Gasteiger charge is -2.29. The molecule has 2 unspecified atom stereocenters. The molecule has 0 spiro atoms. The van der Waals surface area contributed by atoms with Crippen LogP contribution in [0.5, 0.6) is 0 Å². The van der Waals surface area contributed by atoms with Crippen LogP contribution in [-0.4, -0.2) is 39.4 Å². The summed E-state index contributed by atoms with van der Waals surface area (Å²) in [7, 11) is 1.40. The Bertz CT molecular complexity index is 585. The molecule has 4 N–H and O–H groups in total. The Morgan fingerprint density at radius 1 is 1.35 bits per heavy atom. The minimum absolute atomic E-state index is 0.0754. The lowest BCUT2D eigenvalue weighted by molar-refractivity contribution is -0.272. The Kier molecular flexibility index (Phi) is 7.92. The second-order valence-electron chi connectivity index (χ2n) is 7.11. The van der Waals surface area contributed by atoms with E-state index in [0.29, 0.717) is 5.92 Å². The van der Waals surface area contributed by atoms with Crippen molar-refractivity contribution in [2.24, 2.45) is 23.7 Å². The first-order chi connectivity index (χ1) is 12.0. The second kappa shape index (κ2) is 9.25. The van der Waals surface area contributed by atoms with E-state index in [-0.39, 0.29) is 18.5 Å². The summed E-state index contributed by atoms with van der Waals surface area (Å²) in [6, 6.07) is 0.0774. The predicted molar refractivity (Wildman–Crippen MR) is 95.6 cm³/mol. The fourth-order valence-corrected chi connectivity index (χ4v) is 2.69. The number of alkyl halides is 3. The van der Waals surface area contributed by atoms with Crippen LogP contribution in [-0.2, 0) is 12.6 Å². The summed E-state index contributed by atoms with van der Waals surface area (Å²) in [5, 5.41) is 13.2. The van der Waals surface area contributed by atoms with Crippen molar-refractivity contribution < 1.29 is 18.3 Å². The number of aromatic nitrogens is 2. The number of hydrogen-bond donors (Lipinski definition) is 3. The highest BCUT2D eigenvalue weighted by Crippen LogP contribution is 2.40. The van der Waals surface area contributed by atoms with Gasteiger partial charge in [-0.2, -0.15) is 13.2 Å². The molecule has 6 nitrogen and oxygen atoms in total. The van der Waals surface area contributed by atoms with E-state index >= 15 is 0 Å². The molecule has 150 valence electrons. The van der Waals surface area contributed by atoms with Crippen LogP contribution in [0.15, 0.2) is 17.4 Å². The molecule has 1 rings (SSSR count). The number of guanidine groups is 1. The summed E-state index contributed by atoms with van der Waals surface area (Å²) in [6.07, 6.45) is 0.0686. The molecule has 0 aliphatic heterocycles. The smallest absolute Gasteiger partial charge is 0.374 e. The third-order valence-corrected chi connectivity index (χ3v) is 4.23. The largest absolute Gasteiger partial charge is 0.424 e. The molecule has 1 aromatic heterocycles. The van der Waals surface area contributed by atoms with Crippen LogP contribution in [0.1, 0.15) is 52.3 Å². The number of nitrogens with zero attached hydrogens (tertiary/aromatic N) is 3. The molecule has 0 aliphatic carbocycles. The van der Waals surface area contributed by atoms with Gasteiger partial charge >= 0.3 is 6.18 Å². The first-order valence-electron chi connectivity index (χ1n) is 8.80. The highest BCUT2D eigenvalue weighted by Gasteiger charge is 2.57. The summed E-state index contributed by atoms with van der Waals surface area (Å²) in [5.74, 6) is 0.236. The van der Waals surface area contributed by atoms with Gasteiger partial charge in [0.2, 0.25) is 5.60 Å². The molecule has 0 aliphatic rings. The fraction of sp³-hybridized carbons (Fsp3) is 0.765. The maximum absolute atomic E-state index is 13.4. The van der Waals surface area contributed by atoms with Gasteiger partial charge in [-0.3, -0.25) is 4.99 Å². The molecular weight excluding hydrogens is 347 g/mol. The molecule has 1 aromatic rings. The van der Waals surface area contributed by atoms with Crippen LogP contribution in [0.3, 0.4) is 0 Å². The van der Waals surface area contributed by atoms with E-state index < -0.39 is 24.0 Å². The molecule has 0 amide bonds. The van der Waals surface area contributed by atoms with Gasteiger partial charge in [0, 0.05) is 38.4 Å². The Hall–Kier alpha value is -1.77. The number of hydrogen-bond acceptors (Lipinski definition) is 3. The lowest BCUT2D eigenvalue weighted by Crippen LogP contribution is -2.45. The van der Waals surface area contributed by atoms with Crippen molar-refractivity contribution in [1.29, 1.82) is 0 Å². The quantitative estimate of drug-likeness (QED) is 0.456. The summed E-state index contributed by atoms with van der Waals surface area (Å²) in [6.45, 7) is 5.97. The maximum Gasteiger partial charge on any atom is 0.424 e. The number of halogens is 3. The van der Waals surface area contributed by atoms with Gasteiger partial charge in [0.15, 0.2) is 5.96 Å². The van der Waals surface area contributed by atoms with Gasteiger partial charge in [0.05, 0.1) is 0 Å². The summed E-state index contributed by atoms with van der Waals surface area (Å²) in [5.41, 5.74) is 2.68. The number of aliphatic imine (C=N–C) groups is 1. The molecule has 0 aromatic carbocycles. The van der Waals surface area contributed by atoms with Gasteiger partial charge in [-0.1, -0.05) is 26.7 Å². The zero-order chi connectivity index (χ0) is 20.0. The van der Waals surface area contributed by atoms with E-state index in [4.69, 9.17) is 5.73 Å². The van der Waals surface area contributed by atoms with E-state index in [0.717, 1.165) is 23.8 Å². The van der Waals surface area contributed by atoms with Gasteiger partial charge < -0.3 is 20.7 Å². The van der Waals surface area contributed by atoms with Crippen LogP contribution in [0.4, 0.5) is 13.2 Å². The minimum Gasteiger partial charge on any atom is -0.374 e. The van der Waals surface area contributed by atoms with Crippen LogP contribution in [0.2, 0.25) is 0 Å². The lowest BCUT2D eigenvalue weighted by atomic mass is 9.98. The standard InChI is InChI=1S/C17H30F3N5O/c1-12(2)6-5-7-13(3)24-15(21)23-9-8-16(26,17(18,19)20)14-22-10-11-25(14)4/h10-13,26H,5-9H2,1-4H3,(H3,21,23,24). The van der Waals surface area contributed by atoms with Crippen LogP contribution >= 0.6 is 0 Å². The molecule has 0 saturated heterocycles. The molecular formula is C17H30F3N5O. The van der Waals surface area contributed by atoms with Crippen LogP contribution < -0.4 is 11.1 Å². The number of aryl methyl sites for hydroxylation is 1. The molecule has 0 saturated carbocycles. The topological polar surface area (TPSA) is 88.5 Å². The highest BCUT2D eigenvalue weighted by atomic mass is 19.4. The van der Waals surface area contributed by atoms with Gasteiger partial charge in [-0.25, -0.2) is 4.98 Å². The van der Waals surface area contributed by atoms with E-state index in [1.165, 1.54) is 19.4 Å². The Labute approximate surface area is 152 Å². The van der Waals surface area contributed by atoms with Crippen molar-refractivity contribution in [3.63, 3.8) is 0 Å². The molecule has 0 fully saturated rings. The molecule has 26 heavy (non-hydrogen) atoms. The van der Waals surface area contributed by atoms with Gasteiger partial charge in [0.25, 0.3) is 0 Å². The highest BCUT2D eigenvalue weighted by molar-refractivity contribution is 5.78. The van der Waals surface area contributed by atoms with Crippen molar-refractivity contribution in [2.45, 2.75) is 64.3 Å². The van der Waals surface area contributed by atoms with Crippen molar-refractivity contribution in [3.05, 3.63) is 18.2 Å². The number of nitrogens with one attached hydrogen (secondary N) is 1. The van der Waals surface area contributed by atoms with Crippen LogP contribution in [0, 0.1) is 5.92 Å². The molecule has 0 radical (unpaired) electrons. The number of aliphatic hydroxyl groups is 1. The first-order valence-corrected chi connectivity index (χ1v) is 8.80. The first kappa shape index (κ1) is 22.3. The molecule has 0 bridgehead atoms. The van der Waals surface area contributed by atoms with E-state index in [2.05, 4.69) is 29.1 Å². The Morgan fingerprint density at radius 2 is 2.00 bits per heavy atom. The Balaban J connectivity index is 2.64. The van der Waals surface area contributed by atoms with Gasteiger partial charge in [0.1, 0.15) is 5.82 Å². The Morgan fingerprint density at radius 3 is 2.50 bits per heavy atom. The summed E-state index contributed by atoms with van der Waals surface area (Å²) >= 11 is 0. The van der Waals surface area contributed by atoms with E-state index in [1.54, 1.807) is 0 Å². The third kappa shape index (κ3) is 6.19. The molecule has 9 heteroatoms. The van der Waals surface area contributed by atoms with Gasteiger partial charge in [-0.15, -0.1) is 0 Å². The maximum atomic E-state index is 13.4. The van der Waals surface area contributed by atoms with Crippen molar-refractivity contribution in [3.8, 4) is 0 Å². The monoisotopic (exact) mass is 377 g/mol. The predicted octanol–water partition coefficient (Wildman–Crippen LogP) is 2.68. The van der Waals surface area contributed by atoms with Crippen LogP contribution in [0.25, 0.3) is 0 Å². The second-order valence-corrected chi connectivity index (χ2v) is 7.11. The minimum atomic E-state index is -4.87. The third-order valence-electron chi connectivity index (χ3n) is 4.23. The van der Waals surface area contributed by atoms with Crippen molar-refractivity contribution >= 4 is 5.96 Å². The van der Waals surface area contributed by atoms with E-state index in [1.807, 2.05) is 6.92 Å². The number of nitrogens with two attached hydrogens (primary N) is 1. The average molecular weight is 377 g/mol. The summed E-state index contributed by atoms with van der Waals surface area (Å²) < 4.78 is 41.3. The van der Waals surface area contributed by atoms with E-state index in [9.17, 15) is 18.3 Å². The molecule has 1 heterocycles. The SMILES string of the molecule is CC(C)CCCC(C)NC(N)=NCCC(O)(c1nccn1C)C(F)(F)F. The zero-order valence-corrected chi connectivity index (χ0v) is 15.8. The fourth-order valence-electron chi connectivity index (χ4n) is 2.69. The van der Waals surface area contributed by atoms with Gasteiger partial charge in [-0.05, 0) is 19.3 Å². The molecule has 2 atom stereocenters. The number of imidazole rings is 1. The average Bonchev–Trinajstić information content (AvgIpc) is 2.91. The zero-order valence-electron chi connectivity index (χ0n) is 15.8. The number of rotatable bonds is 9. The van der Waals surface area contributed by atoms with Crippen molar-refractivity contribution in [2.75, 3.05) is 6.54 Å². The normalized spacial score (nSPS) is 16.6.